The van der Waals surface area contributed by atoms with Crippen LogP contribution in [0, 0.1) is 6.92 Å². The van der Waals surface area contributed by atoms with Gasteiger partial charge in [0.05, 0.1) is 12.8 Å². The summed E-state index contributed by atoms with van der Waals surface area (Å²) in [5, 5.41) is 8.18. The Labute approximate surface area is 134 Å². The molecule has 3 aromatic rings. The lowest BCUT2D eigenvalue weighted by Crippen LogP contribution is -2.25. The highest BCUT2D eigenvalue weighted by atomic mass is 16.2. The highest BCUT2D eigenvalue weighted by molar-refractivity contribution is 5.89. The molecular formula is C18H18N4O. The predicted molar refractivity (Wildman–Crippen MR) is 93.7 cm³/mol. The molecule has 1 aromatic heterocycles. The van der Waals surface area contributed by atoms with Crippen molar-refractivity contribution >= 4 is 28.7 Å². The van der Waals surface area contributed by atoms with Crippen LogP contribution in [0.4, 0.5) is 5.69 Å². The van der Waals surface area contributed by atoms with Gasteiger partial charge in [-0.3, -0.25) is 4.79 Å². The van der Waals surface area contributed by atoms with Crippen molar-refractivity contribution in [2.24, 2.45) is 5.10 Å². The number of carbonyl (C=O) groups is 1. The first-order valence-electron chi connectivity index (χ1n) is 7.40. The quantitative estimate of drug-likeness (QED) is 0.501. The van der Waals surface area contributed by atoms with Crippen LogP contribution in [0.25, 0.3) is 10.9 Å². The summed E-state index contributed by atoms with van der Waals surface area (Å²) < 4.78 is 0. The molecule has 0 radical (unpaired) electrons. The van der Waals surface area contributed by atoms with Crippen molar-refractivity contribution in [3.05, 3.63) is 65.9 Å². The molecule has 5 heteroatoms. The Hall–Kier alpha value is -3.08. The monoisotopic (exact) mass is 306 g/mol. The van der Waals surface area contributed by atoms with Crippen LogP contribution < -0.4 is 10.7 Å². The van der Waals surface area contributed by atoms with Crippen LogP contribution in [0.1, 0.15) is 11.1 Å². The van der Waals surface area contributed by atoms with Gasteiger partial charge in [0.15, 0.2) is 0 Å². The van der Waals surface area contributed by atoms with Crippen LogP contribution in [0.3, 0.4) is 0 Å². The summed E-state index contributed by atoms with van der Waals surface area (Å²) in [6, 6.07) is 15.8. The average Bonchev–Trinajstić information content (AvgIpc) is 3.02. The molecule has 0 fully saturated rings. The van der Waals surface area contributed by atoms with Crippen LogP contribution in [-0.4, -0.2) is 23.7 Å². The number of hydrogen-bond donors (Lipinski definition) is 3. The van der Waals surface area contributed by atoms with Crippen molar-refractivity contribution in [1.82, 2.24) is 10.4 Å². The van der Waals surface area contributed by atoms with Gasteiger partial charge in [-0.1, -0.05) is 29.8 Å². The number of anilines is 1. The summed E-state index contributed by atoms with van der Waals surface area (Å²) in [7, 11) is 0. The molecule has 1 amide bonds. The molecule has 3 rings (SSSR count). The fourth-order valence-electron chi connectivity index (χ4n) is 2.22. The number of nitrogens with zero attached hydrogens (tertiary/aromatic N) is 1. The number of aryl methyl sites for hydroxylation is 1. The van der Waals surface area contributed by atoms with Gasteiger partial charge in [0.1, 0.15) is 0 Å². The smallest absolute Gasteiger partial charge is 0.259 e. The van der Waals surface area contributed by atoms with Crippen LogP contribution in [0.5, 0.6) is 0 Å². The molecule has 23 heavy (non-hydrogen) atoms. The topological polar surface area (TPSA) is 69.3 Å². The largest absolute Gasteiger partial charge is 0.376 e. The summed E-state index contributed by atoms with van der Waals surface area (Å²) >= 11 is 0. The molecule has 1 heterocycles. The molecular weight excluding hydrogens is 288 g/mol. The normalized spacial score (nSPS) is 11.0. The molecule has 0 saturated heterocycles. The van der Waals surface area contributed by atoms with E-state index < -0.39 is 0 Å². The summed E-state index contributed by atoms with van der Waals surface area (Å²) in [4.78, 5) is 14.9. The van der Waals surface area contributed by atoms with Gasteiger partial charge in [0, 0.05) is 17.4 Å². The molecule has 0 bridgehead atoms. The van der Waals surface area contributed by atoms with Gasteiger partial charge < -0.3 is 10.3 Å². The minimum atomic E-state index is -0.192. The number of fused-ring (bicyclic) bond motifs is 1. The standard InChI is InChI=1S/C18H18N4O/c1-13-2-6-16(7-3-13)20-12-18(23)22-21-11-14-4-5-15-8-9-19-17(15)10-14/h2-11,19-20H,12H2,1H3,(H,22,23)/b21-11+. The summed E-state index contributed by atoms with van der Waals surface area (Å²) in [5.74, 6) is -0.192. The molecule has 116 valence electrons. The minimum Gasteiger partial charge on any atom is -0.376 e. The lowest BCUT2D eigenvalue weighted by molar-refractivity contribution is -0.119. The lowest BCUT2D eigenvalue weighted by Gasteiger charge is -2.05. The lowest BCUT2D eigenvalue weighted by atomic mass is 10.2. The predicted octanol–water partition coefficient (Wildman–Crippen LogP) is 3.04. The average molecular weight is 306 g/mol. The number of hydrogen-bond acceptors (Lipinski definition) is 3. The molecule has 0 aliphatic heterocycles. The van der Waals surface area contributed by atoms with E-state index in [1.54, 1.807) is 6.21 Å². The molecule has 3 N–H and O–H groups in total. The van der Waals surface area contributed by atoms with Gasteiger partial charge in [-0.15, -0.1) is 0 Å². The first-order valence-corrected chi connectivity index (χ1v) is 7.40. The number of carbonyl (C=O) groups excluding carboxylic acids is 1. The fraction of sp³-hybridized carbons (Fsp3) is 0.111. The third kappa shape index (κ3) is 3.97. The Morgan fingerprint density at radius 3 is 2.83 bits per heavy atom. The maximum Gasteiger partial charge on any atom is 0.259 e. The maximum atomic E-state index is 11.8. The second kappa shape index (κ2) is 6.79. The number of aromatic nitrogens is 1. The minimum absolute atomic E-state index is 0.177. The number of H-pyrrole nitrogens is 1. The van der Waals surface area contributed by atoms with E-state index >= 15 is 0 Å². The summed E-state index contributed by atoms with van der Waals surface area (Å²) in [6.45, 7) is 2.20. The Kier molecular flexibility index (Phi) is 4.38. The molecule has 0 aliphatic carbocycles. The molecule has 2 aromatic carbocycles. The van der Waals surface area contributed by atoms with Crippen molar-refractivity contribution in [3.8, 4) is 0 Å². The van der Waals surface area contributed by atoms with E-state index in [0.29, 0.717) is 0 Å². The Bertz CT molecular complexity index is 834. The maximum absolute atomic E-state index is 11.8. The zero-order valence-electron chi connectivity index (χ0n) is 12.8. The zero-order valence-corrected chi connectivity index (χ0v) is 12.8. The van der Waals surface area contributed by atoms with E-state index in [9.17, 15) is 4.79 Å². The summed E-state index contributed by atoms with van der Waals surface area (Å²) in [6.07, 6.45) is 3.52. The van der Waals surface area contributed by atoms with E-state index in [4.69, 9.17) is 0 Å². The van der Waals surface area contributed by atoms with Crippen LogP contribution >= 0.6 is 0 Å². The van der Waals surface area contributed by atoms with Gasteiger partial charge in [-0.2, -0.15) is 5.10 Å². The van der Waals surface area contributed by atoms with Gasteiger partial charge >= 0.3 is 0 Å². The molecule has 0 atom stereocenters. The molecule has 0 saturated carbocycles. The Morgan fingerprint density at radius 2 is 2.00 bits per heavy atom. The number of aromatic amines is 1. The van der Waals surface area contributed by atoms with E-state index in [1.165, 1.54) is 5.56 Å². The van der Waals surface area contributed by atoms with E-state index in [-0.39, 0.29) is 12.5 Å². The first kappa shape index (κ1) is 14.8. The SMILES string of the molecule is Cc1ccc(NCC(=O)N/N=C/c2ccc3cc[nH]c3c2)cc1. The number of hydrazone groups is 1. The zero-order chi connectivity index (χ0) is 16.1. The van der Waals surface area contributed by atoms with Crippen LogP contribution in [0.15, 0.2) is 59.8 Å². The molecule has 0 unspecified atom stereocenters. The van der Waals surface area contributed by atoms with Crippen LogP contribution in [-0.2, 0) is 4.79 Å². The highest BCUT2D eigenvalue weighted by Crippen LogP contribution is 2.12. The number of rotatable bonds is 5. The van der Waals surface area contributed by atoms with Gasteiger partial charge in [0.2, 0.25) is 0 Å². The molecule has 0 spiro atoms. The van der Waals surface area contributed by atoms with Crippen molar-refractivity contribution in [2.75, 3.05) is 11.9 Å². The third-order valence-electron chi connectivity index (χ3n) is 3.49. The van der Waals surface area contributed by atoms with Gasteiger partial charge in [-0.05, 0) is 42.1 Å². The van der Waals surface area contributed by atoms with E-state index in [1.807, 2.05) is 61.7 Å². The summed E-state index contributed by atoms with van der Waals surface area (Å²) in [5.41, 5.74) is 6.57. The first-order chi connectivity index (χ1) is 11.2. The van der Waals surface area contributed by atoms with Crippen molar-refractivity contribution in [3.63, 3.8) is 0 Å². The Morgan fingerprint density at radius 1 is 1.17 bits per heavy atom. The number of nitrogens with one attached hydrogen (secondary N) is 3. The van der Waals surface area contributed by atoms with Gasteiger partial charge in [0.25, 0.3) is 5.91 Å². The van der Waals surface area contributed by atoms with Crippen molar-refractivity contribution in [1.29, 1.82) is 0 Å². The Balaban J connectivity index is 1.50. The van der Waals surface area contributed by atoms with E-state index in [2.05, 4.69) is 20.8 Å². The number of amides is 1. The molecule has 5 nitrogen and oxygen atoms in total. The van der Waals surface area contributed by atoms with E-state index in [0.717, 1.165) is 22.2 Å². The second-order valence-corrected chi connectivity index (χ2v) is 5.34. The molecule has 0 aliphatic rings. The van der Waals surface area contributed by atoms with Gasteiger partial charge in [-0.25, -0.2) is 5.43 Å². The van der Waals surface area contributed by atoms with Crippen molar-refractivity contribution in [2.45, 2.75) is 6.92 Å². The third-order valence-corrected chi connectivity index (χ3v) is 3.49. The van der Waals surface area contributed by atoms with Crippen molar-refractivity contribution < 1.29 is 4.79 Å². The highest BCUT2D eigenvalue weighted by Gasteiger charge is 1.99. The second-order valence-electron chi connectivity index (χ2n) is 5.34. The fourth-order valence-corrected chi connectivity index (χ4v) is 2.22. The number of benzene rings is 2. The van der Waals surface area contributed by atoms with Crippen LogP contribution in [0.2, 0.25) is 0 Å².